The summed E-state index contributed by atoms with van der Waals surface area (Å²) in [6, 6.07) is 1.34. The second-order valence-corrected chi connectivity index (χ2v) is 13.2. The predicted molar refractivity (Wildman–Crippen MR) is 135 cm³/mol. The number of amides is 1. The molecule has 0 atom stereocenters. The van der Waals surface area contributed by atoms with Gasteiger partial charge in [0.25, 0.3) is 6.43 Å². The minimum absolute atomic E-state index is 0.0893. The van der Waals surface area contributed by atoms with Crippen LogP contribution in [0.3, 0.4) is 0 Å². The molecule has 0 radical (unpaired) electrons. The van der Waals surface area contributed by atoms with Crippen molar-refractivity contribution in [1.82, 2.24) is 29.6 Å². The lowest BCUT2D eigenvalue weighted by Crippen LogP contribution is -2.34. The number of sulfonamides is 1. The van der Waals surface area contributed by atoms with Gasteiger partial charge in [-0.05, 0) is 59.4 Å². The number of carbonyl (C=O) groups is 1. The van der Waals surface area contributed by atoms with Gasteiger partial charge in [0.1, 0.15) is 10.5 Å². The number of nitrogens with zero attached hydrogens (tertiary/aromatic N) is 4. The molecule has 3 aromatic rings. The van der Waals surface area contributed by atoms with Crippen molar-refractivity contribution in [2.75, 3.05) is 6.54 Å². The first-order chi connectivity index (χ1) is 17.2. The second-order valence-electron chi connectivity index (χ2n) is 10.1. The maximum atomic E-state index is 13.2. The molecule has 0 aliphatic heterocycles. The van der Waals surface area contributed by atoms with Gasteiger partial charge in [0.15, 0.2) is 15.8 Å². The van der Waals surface area contributed by atoms with E-state index in [4.69, 9.17) is 16.3 Å². The molecule has 0 saturated heterocycles. The molecule has 0 aromatic carbocycles. The summed E-state index contributed by atoms with van der Waals surface area (Å²) in [5, 5.41) is 9.76. The number of pyridine rings is 1. The summed E-state index contributed by atoms with van der Waals surface area (Å²) >= 11 is 7.22. The number of alkyl carbamates (subject to hydrolysis) is 1. The van der Waals surface area contributed by atoms with Gasteiger partial charge in [-0.15, -0.1) is 10.2 Å². The number of nitrogens with one attached hydrogen (secondary N) is 2. The highest BCUT2D eigenvalue weighted by molar-refractivity contribution is 7.89. The average Bonchev–Trinajstić information content (AvgIpc) is 3.17. The molecule has 1 fully saturated rings. The van der Waals surface area contributed by atoms with Gasteiger partial charge in [-0.3, -0.25) is 4.40 Å². The molecule has 3 heterocycles. The Labute approximate surface area is 221 Å². The van der Waals surface area contributed by atoms with Gasteiger partial charge < -0.3 is 10.1 Å². The Bertz CT molecular complexity index is 1430. The van der Waals surface area contributed by atoms with Crippen LogP contribution in [0.1, 0.15) is 64.1 Å². The lowest BCUT2D eigenvalue weighted by Gasteiger charge is -2.19. The zero-order valence-corrected chi connectivity index (χ0v) is 23.0. The molecule has 4 rings (SSSR count). The number of hydrogen-bond acceptors (Lipinski definition) is 8. The van der Waals surface area contributed by atoms with Crippen molar-refractivity contribution in [2.45, 2.75) is 75.8 Å². The van der Waals surface area contributed by atoms with Crippen molar-refractivity contribution in [3.05, 3.63) is 28.0 Å². The molecule has 1 amide bonds. The standard InChI is InChI=1S/C22H27ClF2N6O4S2/c1-21(2,3)35-20(32)26-9-5-6-14-15-13(23)10-12(37(33,34)30-22(4)7-8-22)11-31(15)17(27-14)19-29-28-18(36-19)16(24)25/h10-11,16,30H,5-9H2,1-4H3,(H,26,32). The molecule has 37 heavy (non-hydrogen) atoms. The van der Waals surface area contributed by atoms with E-state index in [2.05, 4.69) is 25.2 Å². The van der Waals surface area contributed by atoms with Crippen LogP contribution in [0.5, 0.6) is 0 Å². The number of hydrogen-bond donors (Lipinski definition) is 2. The fourth-order valence-electron chi connectivity index (χ4n) is 3.53. The summed E-state index contributed by atoms with van der Waals surface area (Å²) in [4.78, 5) is 16.4. The van der Waals surface area contributed by atoms with Gasteiger partial charge in [-0.1, -0.05) is 22.9 Å². The number of halogens is 3. The molecule has 10 nitrogen and oxygen atoms in total. The number of fused-ring (bicyclic) bond motifs is 1. The summed E-state index contributed by atoms with van der Waals surface area (Å²) in [7, 11) is -3.91. The number of ether oxygens (including phenoxy) is 1. The number of imidazole rings is 1. The Balaban J connectivity index is 1.66. The number of carbonyl (C=O) groups excluding carboxylic acids is 1. The molecule has 2 N–H and O–H groups in total. The van der Waals surface area contributed by atoms with Crippen LogP contribution < -0.4 is 10.0 Å². The van der Waals surface area contributed by atoms with Crippen LogP contribution in [0.25, 0.3) is 16.3 Å². The SMILES string of the molecule is CC1(NS(=O)(=O)c2cc(Cl)c3c(CCCNC(=O)OC(C)(C)C)nc(-c4nnc(C(F)F)s4)n3c2)CC1. The van der Waals surface area contributed by atoms with Gasteiger partial charge in [-0.25, -0.2) is 31.7 Å². The van der Waals surface area contributed by atoms with Gasteiger partial charge >= 0.3 is 6.09 Å². The maximum Gasteiger partial charge on any atom is 0.407 e. The normalized spacial score (nSPS) is 15.4. The van der Waals surface area contributed by atoms with Crippen LogP contribution >= 0.6 is 22.9 Å². The minimum Gasteiger partial charge on any atom is -0.444 e. The van der Waals surface area contributed by atoms with E-state index in [1.165, 1.54) is 16.7 Å². The topological polar surface area (TPSA) is 128 Å². The first-order valence-corrected chi connectivity index (χ1v) is 14.2. The monoisotopic (exact) mass is 576 g/mol. The smallest absolute Gasteiger partial charge is 0.407 e. The lowest BCUT2D eigenvalue weighted by molar-refractivity contribution is 0.0527. The molecule has 0 unspecified atom stereocenters. The van der Waals surface area contributed by atoms with E-state index in [9.17, 15) is 22.0 Å². The summed E-state index contributed by atoms with van der Waals surface area (Å²) in [6.07, 6.45) is 0.244. The quantitative estimate of drug-likeness (QED) is 0.352. The van der Waals surface area contributed by atoms with Crippen molar-refractivity contribution in [3.63, 3.8) is 0 Å². The second kappa shape index (κ2) is 10.0. The van der Waals surface area contributed by atoms with Gasteiger partial charge in [-0.2, -0.15) is 0 Å². The minimum atomic E-state index is -3.91. The van der Waals surface area contributed by atoms with E-state index in [-0.39, 0.29) is 27.3 Å². The summed E-state index contributed by atoms with van der Waals surface area (Å²) in [6.45, 7) is 7.37. The lowest BCUT2D eigenvalue weighted by atomic mass is 10.2. The Hall–Kier alpha value is -2.42. The van der Waals surface area contributed by atoms with Crippen LogP contribution in [0, 0.1) is 0 Å². The van der Waals surface area contributed by atoms with Crippen LogP contribution in [0.4, 0.5) is 13.6 Å². The van der Waals surface area contributed by atoms with Crippen molar-refractivity contribution >= 4 is 44.6 Å². The van der Waals surface area contributed by atoms with E-state index in [1.807, 2.05) is 6.92 Å². The zero-order valence-electron chi connectivity index (χ0n) is 20.6. The largest absolute Gasteiger partial charge is 0.444 e. The van der Waals surface area contributed by atoms with E-state index >= 15 is 0 Å². The molecule has 0 bridgehead atoms. The molecule has 15 heteroatoms. The van der Waals surface area contributed by atoms with Crippen LogP contribution in [-0.2, 0) is 21.2 Å². The average molecular weight is 577 g/mol. The third-order valence-corrected chi connectivity index (χ3v) is 8.32. The molecular weight excluding hydrogens is 550 g/mol. The Morgan fingerprint density at radius 3 is 2.62 bits per heavy atom. The van der Waals surface area contributed by atoms with Gasteiger partial charge in [0, 0.05) is 18.3 Å². The summed E-state index contributed by atoms with van der Waals surface area (Å²) in [5.41, 5.74) is -0.226. The first kappa shape index (κ1) is 27.6. The van der Waals surface area contributed by atoms with Crippen molar-refractivity contribution < 1.29 is 26.7 Å². The highest BCUT2D eigenvalue weighted by Crippen LogP contribution is 2.37. The van der Waals surface area contributed by atoms with Crippen molar-refractivity contribution in [2.24, 2.45) is 0 Å². The summed E-state index contributed by atoms with van der Waals surface area (Å²) < 4.78 is 61.7. The first-order valence-electron chi connectivity index (χ1n) is 11.5. The highest BCUT2D eigenvalue weighted by Gasteiger charge is 2.41. The van der Waals surface area contributed by atoms with Crippen molar-refractivity contribution in [1.29, 1.82) is 0 Å². The van der Waals surface area contributed by atoms with E-state index in [1.54, 1.807) is 20.8 Å². The zero-order chi connectivity index (χ0) is 27.2. The molecule has 1 saturated carbocycles. The van der Waals surface area contributed by atoms with Crippen LogP contribution in [-0.4, -0.2) is 51.8 Å². The number of aryl methyl sites for hydroxylation is 1. The third-order valence-electron chi connectivity index (χ3n) is 5.50. The van der Waals surface area contributed by atoms with E-state index < -0.39 is 38.7 Å². The molecule has 202 valence electrons. The molecule has 1 aliphatic rings. The van der Waals surface area contributed by atoms with Gasteiger partial charge in [0.05, 0.1) is 16.2 Å². The van der Waals surface area contributed by atoms with E-state index in [0.717, 1.165) is 12.8 Å². The Morgan fingerprint density at radius 1 is 1.32 bits per heavy atom. The number of alkyl halides is 2. The molecule has 1 aliphatic carbocycles. The van der Waals surface area contributed by atoms with Gasteiger partial charge in [0.2, 0.25) is 10.0 Å². The molecular formula is C22H27ClF2N6O4S2. The Kier molecular flexibility index (Phi) is 7.49. The molecule has 3 aromatic heterocycles. The number of rotatable bonds is 9. The van der Waals surface area contributed by atoms with Crippen LogP contribution in [0.15, 0.2) is 17.2 Å². The highest BCUT2D eigenvalue weighted by atomic mass is 35.5. The Morgan fingerprint density at radius 2 is 2.03 bits per heavy atom. The summed E-state index contributed by atoms with van der Waals surface area (Å²) in [5.74, 6) is 0.145. The molecule has 0 spiro atoms. The third kappa shape index (κ3) is 6.54. The predicted octanol–water partition coefficient (Wildman–Crippen LogP) is 4.73. The number of aromatic nitrogens is 4. The van der Waals surface area contributed by atoms with Crippen LogP contribution in [0.2, 0.25) is 5.02 Å². The maximum absolute atomic E-state index is 13.2. The fourth-order valence-corrected chi connectivity index (χ4v) is 6.09. The van der Waals surface area contributed by atoms with Crippen molar-refractivity contribution in [3.8, 4) is 10.8 Å². The van der Waals surface area contributed by atoms with E-state index in [0.29, 0.717) is 35.4 Å². The fraction of sp³-hybridized carbons (Fsp3) is 0.545.